The molecule has 0 amide bonds. The molecule has 0 unspecified atom stereocenters. The molecule has 0 heterocycles. The minimum Gasteiger partial charge on any atom is -0.381 e. The molecule has 1 aromatic rings. The molecule has 0 aliphatic rings. The lowest BCUT2D eigenvalue weighted by Gasteiger charge is -2.20. The molecule has 78 valence electrons. The molecule has 0 atom stereocenters. The van der Waals surface area contributed by atoms with Crippen molar-refractivity contribution in [1.82, 2.24) is 0 Å². The second-order valence-electron chi connectivity index (χ2n) is 3.97. The Morgan fingerprint density at radius 1 is 1.50 bits per heavy atom. The predicted octanol–water partition coefficient (Wildman–Crippen LogP) is 2.74. The molecule has 14 heavy (non-hydrogen) atoms. The van der Waals surface area contributed by atoms with E-state index in [0.29, 0.717) is 12.2 Å². The van der Waals surface area contributed by atoms with Crippen molar-refractivity contribution in [3.8, 4) is 0 Å². The summed E-state index contributed by atoms with van der Waals surface area (Å²) in [5.41, 5.74) is 5.90. The summed E-state index contributed by atoms with van der Waals surface area (Å²) in [5, 5.41) is 2.96. The Balaban J connectivity index is 2.68. The third-order valence-corrected chi connectivity index (χ3v) is 2.16. The van der Waals surface area contributed by atoms with E-state index in [2.05, 4.69) is 21.2 Å². The van der Waals surface area contributed by atoms with Gasteiger partial charge in [-0.3, -0.25) is 0 Å². The minimum atomic E-state index is -0.348. The molecule has 1 aromatic carbocycles. The van der Waals surface area contributed by atoms with E-state index in [1.807, 2.05) is 13.8 Å². The largest absolute Gasteiger partial charge is 0.381 e. The number of anilines is 1. The first-order valence-electron chi connectivity index (χ1n) is 4.36. The van der Waals surface area contributed by atoms with E-state index in [4.69, 9.17) is 5.73 Å². The molecule has 3 N–H and O–H groups in total. The van der Waals surface area contributed by atoms with Crippen LogP contribution in [0.5, 0.6) is 0 Å². The Morgan fingerprint density at radius 3 is 2.64 bits per heavy atom. The molecule has 0 fully saturated rings. The van der Waals surface area contributed by atoms with Gasteiger partial charge in [0.15, 0.2) is 0 Å². The normalized spacial score (nSPS) is 11.5. The van der Waals surface area contributed by atoms with Crippen molar-refractivity contribution in [2.75, 3.05) is 11.9 Å². The van der Waals surface area contributed by atoms with Crippen molar-refractivity contribution in [3.05, 3.63) is 28.5 Å². The zero-order valence-electron chi connectivity index (χ0n) is 8.27. The molecule has 0 aromatic heterocycles. The SMILES string of the molecule is CC(C)(N)CNc1ccc(Br)cc1F. The predicted molar refractivity (Wildman–Crippen MR) is 60.9 cm³/mol. The highest BCUT2D eigenvalue weighted by molar-refractivity contribution is 9.10. The van der Waals surface area contributed by atoms with Crippen LogP contribution < -0.4 is 11.1 Å². The van der Waals surface area contributed by atoms with E-state index in [-0.39, 0.29) is 11.4 Å². The number of hydrogen-bond donors (Lipinski definition) is 2. The summed E-state index contributed by atoms with van der Waals surface area (Å²) < 4.78 is 14.0. The Hall–Kier alpha value is -0.610. The van der Waals surface area contributed by atoms with Crippen LogP contribution in [0.3, 0.4) is 0 Å². The highest BCUT2D eigenvalue weighted by Crippen LogP contribution is 2.19. The lowest BCUT2D eigenvalue weighted by Crippen LogP contribution is -2.39. The second kappa shape index (κ2) is 4.28. The first kappa shape index (κ1) is 11.5. The molecular formula is C10H14BrFN2. The van der Waals surface area contributed by atoms with Crippen LogP contribution in [-0.4, -0.2) is 12.1 Å². The first-order valence-corrected chi connectivity index (χ1v) is 5.15. The molecule has 0 spiro atoms. The number of nitrogens with two attached hydrogens (primary N) is 1. The molecule has 0 radical (unpaired) electrons. The van der Waals surface area contributed by atoms with Crippen molar-refractivity contribution in [2.45, 2.75) is 19.4 Å². The van der Waals surface area contributed by atoms with Gasteiger partial charge in [-0.1, -0.05) is 15.9 Å². The van der Waals surface area contributed by atoms with Crippen molar-refractivity contribution >= 4 is 21.6 Å². The van der Waals surface area contributed by atoms with Gasteiger partial charge in [0, 0.05) is 16.6 Å². The molecule has 0 aliphatic carbocycles. The van der Waals surface area contributed by atoms with Gasteiger partial charge in [0.05, 0.1) is 5.69 Å². The Labute approximate surface area is 91.8 Å². The van der Waals surface area contributed by atoms with E-state index in [1.54, 1.807) is 12.1 Å². The van der Waals surface area contributed by atoms with Gasteiger partial charge < -0.3 is 11.1 Å². The summed E-state index contributed by atoms with van der Waals surface area (Å²) in [5.74, 6) is -0.274. The van der Waals surface area contributed by atoms with Gasteiger partial charge in [-0.25, -0.2) is 4.39 Å². The van der Waals surface area contributed by atoms with E-state index < -0.39 is 0 Å². The molecule has 0 saturated carbocycles. The molecule has 0 saturated heterocycles. The van der Waals surface area contributed by atoms with Crippen molar-refractivity contribution < 1.29 is 4.39 Å². The van der Waals surface area contributed by atoms with Crippen molar-refractivity contribution in [1.29, 1.82) is 0 Å². The quantitative estimate of drug-likeness (QED) is 0.877. The fourth-order valence-corrected chi connectivity index (χ4v) is 1.29. The zero-order valence-corrected chi connectivity index (χ0v) is 9.86. The Bertz CT molecular complexity index is 320. The summed E-state index contributed by atoms with van der Waals surface area (Å²) in [6.07, 6.45) is 0. The lowest BCUT2D eigenvalue weighted by atomic mass is 10.1. The Kier molecular flexibility index (Phi) is 3.50. The minimum absolute atomic E-state index is 0.274. The van der Waals surface area contributed by atoms with Gasteiger partial charge in [-0.15, -0.1) is 0 Å². The first-order chi connectivity index (χ1) is 6.38. The summed E-state index contributed by atoms with van der Waals surface area (Å²) in [6.45, 7) is 4.30. The maximum absolute atomic E-state index is 13.3. The van der Waals surface area contributed by atoms with Gasteiger partial charge in [0.2, 0.25) is 0 Å². The molecule has 0 aliphatic heterocycles. The van der Waals surface area contributed by atoms with E-state index >= 15 is 0 Å². The van der Waals surface area contributed by atoms with E-state index in [9.17, 15) is 4.39 Å². The van der Waals surface area contributed by atoms with Crippen LogP contribution >= 0.6 is 15.9 Å². The number of hydrogen-bond acceptors (Lipinski definition) is 2. The standard InChI is InChI=1S/C10H14BrFN2/c1-10(2,13)6-14-9-4-3-7(11)5-8(9)12/h3-5,14H,6,13H2,1-2H3. The van der Waals surface area contributed by atoms with Crippen LogP contribution in [0, 0.1) is 5.82 Å². The fraction of sp³-hybridized carbons (Fsp3) is 0.400. The maximum atomic E-state index is 13.3. The zero-order chi connectivity index (χ0) is 10.8. The number of nitrogens with one attached hydrogen (secondary N) is 1. The second-order valence-corrected chi connectivity index (χ2v) is 4.88. The average molecular weight is 261 g/mol. The van der Waals surface area contributed by atoms with Crippen LogP contribution in [-0.2, 0) is 0 Å². The number of halogens is 2. The monoisotopic (exact) mass is 260 g/mol. The van der Waals surface area contributed by atoms with Crippen molar-refractivity contribution in [2.24, 2.45) is 5.73 Å². The van der Waals surface area contributed by atoms with Crippen LogP contribution in [0.1, 0.15) is 13.8 Å². The van der Waals surface area contributed by atoms with Crippen molar-refractivity contribution in [3.63, 3.8) is 0 Å². The van der Waals surface area contributed by atoms with Gasteiger partial charge >= 0.3 is 0 Å². The van der Waals surface area contributed by atoms with E-state index in [0.717, 1.165) is 4.47 Å². The third kappa shape index (κ3) is 3.64. The van der Waals surface area contributed by atoms with Crippen LogP contribution in [0.25, 0.3) is 0 Å². The van der Waals surface area contributed by atoms with Crippen LogP contribution in [0.2, 0.25) is 0 Å². The number of benzene rings is 1. The lowest BCUT2D eigenvalue weighted by molar-refractivity contribution is 0.546. The maximum Gasteiger partial charge on any atom is 0.147 e. The highest BCUT2D eigenvalue weighted by Gasteiger charge is 2.11. The van der Waals surface area contributed by atoms with Gasteiger partial charge in [0.25, 0.3) is 0 Å². The van der Waals surface area contributed by atoms with Gasteiger partial charge in [-0.05, 0) is 32.0 Å². The molecule has 2 nitrogen and oxygen atoms in total. The summed E-state index contributed by atoms with van der Waals surface area (Å²) >= 11 is 3.19. The number of rotatable bonds is 3. The third-order valence-electron chi connectivity index (χ3n) is 1.67. The van der Waals surface area contributed by atoms with Gasteiger partial charge in [0.1, 0.15) is 5.82 Å². The average Bonchev–Trinajstić information content (AvgIpc) is 2.00. The molecular weight excluding hydrogens is 247 g/mol. The smallest absolute Gasteiger partial charge is 0.147 e. The summed E-state index contributed by atoms with van der Waals surface area (Å²) in [4.78, 5) is 0. The molecule has 0 bridgehead atoms. The molecule has 1 rings (SSSR count). The summed E-state index contributed by atoms with van der Waals surface area (Å²) in [6, 6.07) is 4.89. The topological polar surface area (TPSA) is 38.0 Å². The van der Waals surface area contributed by atoms with Crippen LogP contribution in [0.15, 0.2) is 22.7 Å². The highest BCUT2D eigenvalue weighted by atomic mass is 79.9. The van der Waals surface area contributed by atoms with E-state index in [1.165, 1.54) is 6.07 Å². The fourth-order valence-electron chi connectivity index (χ4n) is 0.956. The van der Waals surface area contributed by atoms with Gasteiger partial charge in [-0.2, -0.15) is 0 Å². The Morgan fingerprint density at radius 2 is 2.14 bits per heavy atom. The molecule has 4 heteroatoms. The van der Waals surface area contributed by atoms with Crippen LogP contribution in [0.4, 0.5) is 10.1 Å². The summed E-state index contributed by atoms with van der Waals surface area (Å²) in [7, 11) is 0.